The van der Waals surface area contributed by atoms with Gasteiger partial charge in [-0.25, -0.2) is 9.59 Å². The fourth-order valence-corrected chi connectivity index (χ4v) is 1.69. The summed E-state index contributed by atoms with van der Waals surface area (Å²) in [4.78, 5) is 24.9. The number of carbonyl (C=O) groups is 2. The van der Waals surface area contributed by atoms with E-state index in [1.54, 1.807) is 25.7 Å². The molecule has 0 aliphatic heterocycles. The van der Waals surface area contributed by atoms with Crippen LogP contribution in [0.3, 0.4) is 0 Å². The Morgan fingerprint density at radius 1 is 1.28 bits per heavy atom. The van der Waals surface area contributed by atoms with Crippen molar-refractivity contribution in [3.05, 3.63) is 0 Å². The van der Waals surface area contributed by atoms with Crippen molar-refractivity contribution in [2.75, 3.05) is 6.54 Å². The summed E-state index contributed by atoms with van der Waals surface area (Å²) in [6.07, 6.45) is 0.846. The molecule has 0 bridgehead atoms. The van der Waals surface area contributed by atoms with Gasteiger partial charge in [0, 0.05) is 12.6 Å². The maximum atomic E-state index is 12.1. The van der Waals surface area contributed by atoms with Crippen LogP contribution < -0.4 is 5.32 Å². The molecular weight excluding hydrogens is 232 g/mol. The summed E-state index contributed by atoms with van der Waals surface area (Å²) in [5.41, 5.74) is -0.518. The van der Waals surface area contributed by atoms with Gasteiger partial charge in [-0.3, -0.25) is 0 Å². The van der Waals surface area contributed by atoms with Crippen LogP contribution in [0.4, 0.5) is 4.79 Å². The normalized spacial score (nSPS) is 13.3. The lowest BCUT2D eigenvalue weighted by Gasteiger charge is -2.32. The molecule has 5 nitrogen and oxygen atoms in total. The molecule has 0 spiro atoms. The second-order valence-electron chi connectivity index (χ2n) is 5.87. The van der Waals surface area contributed by atoms with E-state index >= 15 is 0 Å². The van der Waals surface area contributed by atoms with Crippen LogP contribution in [0, 0.1) is 5.41 Å². The zero-order valence-electron chi connectivity index (χ0n) is 12.3. The lowest BCUT2D eigenvalue weighted by atomic mass is 9.87. The minimum atomic E-state index is -1.00. The Hall–Kier alpha value is -1.26. The summed E-state index contributed by atoms with van der Waals surface area (Å²) in [7, 11) is 0. The topological polar surface area (TPSA) is 69.6 Å². The van der Waals surface area contributed by atoms with Gasteiger partial charge in [0.25, 0.3) is 0 Å². The standard InChI is InChI=1S/C13H26N2O3/c1-7-8-15(9(2)3)12(18)14-10(11(16)17)13(4,5)6/h9-10H,7-8H2,1-6H3,(H,14,18)(H,16,17). The predicted molar refractivity (Wildman–Crippen MR) is 71.5 cm³/mol. The van der Waals surface area contributed by atoms with E-state index in [9.17, 15) is 14.7 Å². The van der Waals surface area contributed by atoms with Gasteiger partial charge in [0.05, 0.1) is 0 Å². The second kappa shape index (κ2) is 6.61. The Balaban J connectivity index is 4.83. The molecule has 1 atom stereocenters. The van der Waals surface area contributed by atoms with E-state index in [2.05, 4.69) is 5.32 Å². The van der Waals surface area contributed by atoms with E-state index in [4.69, 9.17) is 0 Å². The SMILES string of the molecule is CCCN(C(=O)NC(C(=O)O)C(C)(C)C)C(C)C. The third-order valence-electron chi connectivity index (χ3n) is 2.73. The summed E-state index contributed by atoms with van der Waals surface area (Å²) >= 11 is 0. The molecule has 0 aromatic heterocycles. The molecule has 1 unspecified atom stereocenters. The lowest BCUT2D eigenvalue weighted by Crippen LogP contribution is -2.54. The number of carbonyl (C=O) groups excluding carboxylic acids is 1. The number of carboxylic acids is 1. The third-order valence-corrected chi connectivity index (χ3v) is 2.73. The summed E-state index contributed by atoms with van der Waals surface area (Å²) in [6, 6.07) is -1.14. The highest BCUT2D eigenvalue weighted by molar-refractivity contribution is 5.83. The van der Waals surface area contributed by atoms with Crippen LogP contribution in [-0.2, 0) is 4.79 Å². The van der Waals surface area contributed by atoms with Crippen LogP contribution >= 0.6 is 0 Å². The molecule has 0 aliphatic rings. The maximum Gasteiger partial charge on any atom is 0.326 e. The van der Waals surface area contributed by atoms with Crippen molar-refractivity contribution in [3.63, 3.8) is 0 Å². The molecule has 5 heteroatoms. The number of aliphatic carboxylic acids is 1. The molecule has 0 saturated heterocycles. The summed E-state index contributed by atoms with van der Waals surface area (Å²) in [5.74, 6) is -1.00. The molecule has 0 aromatic rings. The van der Waals surface area contributed by atoms with E-state index in [0.717, 1.165) is 6.42 Å². The van der Waals surface area contributed by atoms with Gasteiger partial charge < -0.3 is 15.3 Å². The Morgan fingerprint density at radius 3 is 2.06 bits per heavy atom. The minimum Gasteiger partial charge on any atom is -0.480 e. The summed E-state index contributed by atoms with van der Waals surface area (Å²) in [5, 5.41) is 11.8. The molecule has 106 valence electrons. The van der Waals surface area contributed by atoms with Gasteiger partial charge in [-0.05, 0) is 25.7 Å². The molecule has 0 aromatic carbocycles. The van der Waals surface area contributed by atoms with Crippen molar-refractivity contribution < 1.29 is 14.7 Å². The van der Waals surface area contributed by atoms with E-state index in [1.807, 2.05) is 20.8 Å². The van der Waals surface area contributed by atoms with Gasteiger partial charge in [-0.15, -0.1) is 0 Å². The zero-order chi connectivity index (χ0) is 14.5. The van der Waals surface area contributed by atoms with E-state index in [1.165, 1.54) is 0 Å². The average molecular weight is 258 g/mol. The first-order chi connectivity index (χ1) is 8.11. The molecule has 2 amide bonds. The van der Waals surface area contributed by atoms with Crippen LogP contribution in [0.2, 0.25) is 0 Å². The number of rotatable bonds is 5. The molecule has 0 saturated carbocycles. The summed E-state index contributed by atoms with van der Waals surface area (Å²) in [6.45, 7) is 11.8. The largest absolute Gasteiger partial charge is 0.480 e. The monoisotopic (exact) mass is 258 g/mol. The quantitative estimate of drug-likeness (QED) is 0.795. The predicted octanol–water partition coefficient (Wildman–Crippen LogP) is 2.32. The first kappa shape index (κ1) is 16.7. The fraction of sp³-hybridized carbons (Fsp3) is 0.846. The average Bonchev–Trinajstić information content (AvgIpc) is 2.19. The van der Waals surface area contributed by atoms with Crippen molar-refractivity contribution >= 4 is 12.0 Å². The number of nitrogens with zero attached hydrogens (tertiary/aromatic N) is 1. The van der Waals surface area contributed by atoms with Crippen molar-refractivity contribution in [2.24, 2.45) is 5.41 Å². The van der Waals surface area contributed by atoms with Crippen molar-refractivity contribution in [1.82, 2.24) is 10.2 Å². The number of hydrogen-bond acceptors (Lipinski definition) is 2. The van der Waals surface area contributed by atoms with E-state index in [0.29, 0.717) is 6.54 Å². The Bertz CT molecular complexity index is 295. The minimum absolute atomic E-state index is 0.0550. The Kier molecular flexibility index (Phi) is 6.15. The van der Waals surface area contributed by atoms with Crippen molar-refractivity contribution in [1.29, 1.82) is 0 Å². The second-order valence-corrected chi connectivity index (χ2v) is 5.87. The molecule has 2 N–H and O–H groups in total. The van der Waals surface area contributed by atoms with Gasteiger partial charge in [-0.1, -0.05) is 27.7 Å². The van der Waals surface area contributed by atoms with Crippen LogP contribution in [0.1, 0.15) is 48.0 Å². The molecular formula is C13H26N2O3. The van der Waals surface area contributed by atoms with Crippen LogP contribution in [0.5, 0.6) is 0 Å². The highest BCUT2D eigenvalue weighted by Crippen LogP contribution is 2.19. The third kappa shape index (κ3) is 4.94. The maximum absolute atomic E-state index is 12.1. The van der Waals surface area contributed by atoms with Crippen molar-refractivity contribution in [2.45, 2.75) is 60.0 Å². The van der Waals surface area contributed by atoms with Gasteiger partial charge in [0.1, 0.15) is 6.04 Å². The van der Waals surface area contributed by atoms with Gasteiger partial charge in [0.15, 0.2) is 0 Å². The number of nitrogens with one attached hydrogen (secondary N) is 1. The Labute approximate surface area is 110 Å². The molecule has 0 heterocycles. The Morgan fingerprint density at radius 2 is 1.78 bits per heavy atom. The summed E-state index contributed by atoms with van der Waals surface area (Å²) < 4.78 is 0. The fourth-order valence-electron chi connectivity index (χ4n) is 1.69. The highest BCUT2D eigenvalue weighted by Gasteiger charge is 2.33. The van der Waals surface area contributed by atoms with Crippen LogP contribution in [0.25, 0.3) is 0 Å². The van der Waals surface area contributed by atoms with Crippen LogP contribution in [0.15, 0.2) is 0 Å². The van der Waals surface area contributed by atoms with Gasteiger partial charge >= 0.3 is 12.0 Å². The number of urea groups is 1. The lowest BCUT2D eigenvalue weighted by molar-refractivity contribution is -0.142. The van der Waals surface area contributed by atoms with Gasteiger partial charge in [-0.2, -0.15) is 0 Å². The molecule has 18 heavy (non-hydrogen) atoms. The van der Waals surface area contributed by atoms with E-state index < -0.39 is 17.4 Å². The first-order valence-electron chi connectivity index (χ1n) is 6.41. The number of carboxylic acid groups (broad SMARTS) is 1. The smallest absolute Gasteiger partial charge is 0.326 e. The molecule has 0 fully saturated rings. The van der Waals surface area contributed by atoms with Crippen LogP contribution in [-0.4, -0.2) is 40.6 Å². The zero-order valence-corrected chi connectivity index (χ0v) is 12.3. The first-order valence-corrected chi connectivity index (χ1v) is 6.41. The molecule has 0 rings (SSSR count). The molecule has 0 aliphatic carbocycles. The molecule has 0 radical (unpaired) electrons. The van der Waals surface area contributed by atoms with E-state index in [-0.39, 0.29) is 12.1 Å². The van der Waals surface area contributed by atoms with Gasteiger partial charge in [0.2, 0.25) is 0 Å². The van der Waals surface area contributed by atoms with Crippen molar-refractivity contribution in [3.8, 4) is 0 Å². The number of amides is 2. The number of hydrogen-bond donors (Lipinski definition) is 2. The highest BCUT2D eigenvalue weighted by atomic mass is 16.4.